The molecule has 8 nitrogen and oxygen atoms in total. The number of nitrogens with zero attached hydrogens (tertiary/aromatic N) is 2. The molecule has 9 heteroatoms. The van der Waals surface area contributed by atoms with E-state index in [-0.39, 0.29) is 16.5 Å². The predicted octanol–water partition coefficient (Wildman–Crippen LogP) is 4.63. The zero-order chi connectivity index (χ0) is 26.2. The molecular weight excluding hydrogens is 486 g/mol. The third-order valence-corrected chi connectivity index (χ3v) is 7.82. The number of carbonyl (C=O) groups excluding carboxylic acids is 1. The third-order valence-electron chi connectivity index (χ3n) is 6.38. The molecule has 0 aliphatic heterocycles. The summed E-state index contributed by atoms with van der Waals surface area (Å²) in [5.74, 6) is 0.00778. The number of amidine groups is 1. The molecule has 2 heterocycles. The summed E-state index contributed by atoms with van der Waals surface area (Å²) in [5.41, 5.74) is 8.88. The summed E-state index contributed by atoms with van der Waals surface area (Å²) in [6.45, 7) is 0. The van der Waals surface area contributed by atoms with Crippen LogP contribution in [0.15, 0.2) is 90.2 Å². The van der Waals surface area contributed by atoms with Crippen LogP contribution >= 0.6 is 0 Å². The first-order valence-corrected chi connectivity index (χ1v) is 13.1. The van der Waals surface area contributed by atoms with Gasteiger partial charge in [-0.2, -0.15) is 0 Å². The molecule has 3 aromatic carbocycles. The second-order valence-electron chi connectivity index (χ2n) is 8.88. The Bertz CT molecular complexity index is 1770. The van der Waals surface area contributed by atoms with Gasteiger partial charge in [0.15, 0.2) is 5.78 Å². The van der Waals surface area contributed by atoms with E-state index >= 15 is 0 Å². The molecule has 0 saturated carbocycles. The Labute approximate surface area is 214 Å². The van der Waals surface area contributed by atoms with Crippen molar-refractivity contribution in [2.45, 2.75) is 17.7 Å². The van der Waals surface area contributed by atoms with Gasteiger partial charge < -0.3 is 10.3 Å². The largest absolute Gasteiger partial charge is 0.384 e. The summed E-state index contributed by atoms with van der Waals surface area (Å²) in [6, 6.07) is 19.2. The molecule has 0 radical (unpaired) electrons. The van der Waals surface area contributed by atoms with Crippen molar-refractivity contribution >= 4 is 49.0 Å². The van der Waals surface area contributed by atoms with Gasteiger partial charge in [0, 0.05) is 59.3 Å². The van der Waals surface area contributed by atoms with Crippen LogP contribution < -0.4 is 10.5 Å². The quantitative estimate of drug-likeness (QED) is 0.159. The van der Waals surface area contributed by atoms with Crippen molar-refractivity contribution in [1.29, 1.82) is 5.41 Å². The molecule has 5 aromatic rings. The van der Waals surface area contributed by atoms with Crippen molar-refractivity contribution in [3.63, 3.8) is 0 Å². The highest BCUT2D eigenvalue weighted by atomic mass is 32.2. The molecule has 0 fully saturated rings. The lowest BCUT2D eigenvalue weighted by Crippen LogP contribution is -2.13. The summed E-state index contributed by atoms with van der Waals surface area (Å²) in [7, 11) is -2.02. The smallest absolute Gasteiger partial charge is 0.262 e. The number of rotatable bonds is 8. The van der Waals surface area contributed by atoms with Crippen LogP contribution in [0.25, 0.3) is 21.7 Å². The van der Waals surface area contributed by atoms with Gasteiger partial charge in [-0.1, -0.05) is 42.5 Å². The third kappa shape index (κ3) is 4.81. The van der Waals surface area contributed by atoms with E-state index < -0.39 is 10.0 Å². The highest BCUT2D eigenvalue weighted by Crippen LogP contribution is 2.28. The number of aryl methyl sites for hydroxylation is 2. The van der Waals surface area contributed by atoms with Crippen molar-refractivity contribution in [3.05, 3.63) is 102 Å². The molecule has 0 unspecified atom stereocenters. The highest BCUT2D eigenvalue weighted by Gasteiger charge is 2.19. The van der Waals surface area contributed by atoms with Gasteiger partial charge in [-0.3, -0.25) is 19.9 Å². The van der Waals surface area contributed by atoms with E-state index in [1.807, 2.05) is 29.8 Å². The number of ketones is 1. The monoisotopic (exact) mass is 511 g/mol. The Hall–Kier alpha value is -4.50. The van der Waals surface area contributed by atoms with Crippen molar-refractivity contribution in [1.82, 2.24) is 9.55 Å². The minimum Gasteiger partial charge on any atom is -0.384 e. The number of hydrogen-bond acceptors (Lipinski definition) is 5. The number of nitrogen functional groups attached to an aromatic ring is 1. The number of hydrogen-bond donors (Lipinski definition) is 3. The molecule has 0 bridgehead atoms. The van der Waals surface area contributed by atoms with E-state index in [9.17, 15) is 13.2 Å². The second kappa shape index (κ2) is 9.51. The number of carbonyl (C=O) groups is 1. The van der Waals surface area contributed by atoms with Gasteiger partial charge in [0.1, 0.15) is 5.84 Å². The minimum atomic E-state index is -3.85. The lowest BCUT2D eigenvalue weighted by molar-refractivity contribution is 0.0984. The Kier molecular flexibility index (Phi) is 6.22. The Morgan fingerprint density at radius 2 is 1.84 bits per heavy atom. The topological polar surface area (TPSA) is 131 Å². The van der Waals surface area contributed by atoms with E-state index in [4.69, 9.17) is 11.1 Å². The molecule has 2 aromatic heterocycles. The van der Waals surface area contributed by atoms with Crippen LogP contribution in [-0.2, 0) is 23.5 Å². The van der Waals surface area contributed by atoms with Gasteiger partial charge >= 0.3 is 0 Å². The number of nitrogens with two attached hydrogens (primary N) is 1. The Morgan fingerprint density at radius 1 is 1.05 bits per heavy atom. The van der Waals surface area contributed by atoms with E-state index in [0.717, 1.165) is 21.9 Å². The SMILES string of the molecule is Cn1cc(C(=O)CCc2ccc(C(=N)N)cc2)c2ccc(NS(=O)(=O)c3cccc4cnccc34)cc21. The minimum absolute atomic E-state index is 0.000981. The highest BCUT2D eigenvalue weighted by molar-refractivity contribution is 7.93. The summed E-state index contributed by atoms with van der Waals surface area (Å²) < 4.78 is 30.9. The zero-order valence-corrected chi connectivity index (χ0v) is 20.9. The Morgan fingerprint density at radius 3 is 2.59 bits per heavy atom. The number of anilines is 1. The molecule has 0 atom stereocenters. The first kappa shape index (κ1) is 24.2. The maximum absolute atomic E-state index is 13.2. The van der Waals surface area contributed by atoms with E-state index in [1.165, 1.54) is 0 Å². The summed E-state index contributed by atoms with van der Waals surface area (Å²) >= 11 is 0. The molecule has 0 saturated heterocycles. The van der Waals surface area contributed by atoms with Crippen molar-refractivity contribution in [3.8, 4) is 0 Å². The number of aromatic nitrogens is 2. The normalized spacial score (nSPS) is 11.6. The van der Waals surface area contributed by atoms with Crippen LogP contribution in [0.5, 0.6) is 0 Å². The number of fused-ring (bicyclic) bond motifs is 2. The standard InChI is InChI=1S/C28H25N5O3S/c1-33-17-24(26(34)12-7-18-5-8-19(9-6-18)28(29)30)23-11-10-21(15-25(23)33)32-37(35,36)27-4-2-3-20-16-31-14-13-22(20)27/h2-6,8-11,13-17,32H,7,12H2,1H3,(H3,29,30). The molecule has 0 spiro atoms. The van der Waals surface area contributed by atoms with Gasteiger partial charge in [-0.15, -0.1) is 0 Å². The summed E-state index contributed by atoms with van der Waals surface area (Å²) in [6.07, 6.45) is 5.86. The van der Waals surface area contributed by atoms with E-state index in [2.05, 4.69) is 9.71 Å². The van der Waals surface area contributed by atoms with Crippen LogP contribution in [0.3, 0.4) is 0 Å². The summed E-state index contributed by atoms with van der Waals surface area (Å²) in [5, 5.41) is 9.58. The fraction of sp³-hybridized carbons (Fsp3) is 0.107. The van der Waals surface area contributed by atoms with Crippen LogP contribution in [0.4, 0.5) is 5.69 Å². The number of pyridine rings is 1. The molecule has 0 amide bonds. The van der Waals surface area contributed by atoms with E-state index in [1.54, 1.807) is 67.1 Å². The number of Topliss-reactive ketones (excluding diaryl/α,β-unsaturated/α-hetero) is 1. The fourth-order valence-corrected chi connectivity index (χ4v) is 5.73. The Balaban J connectivity index is 1.37. The molecule has 0 aliphatic carbocycles. The number of benzene rings is 3. The van der Waals surface area contributed by atoms with Crippen LogP contribution in [0, 0.1) is 5.41 Å². The van der Waals surface area contributed by atoms with Crippen LogP contribution in [-0.4, -0.2) is 29.6 Å². The van der Waals surface area contributed by atoms with Gasteiger partial charge in [0.25, 0.3) is 10.0 Å². The molecule has 0 aliphatic rings. The van der Waals surface area contributed by atoms with Gasteiger partial charge in [0.05, 0.1) is 16.1 Å². The molecule has 186 valence electrons. The van der Waals surface area contributed by atoms with Crippen molar-refractivity contribution < 1.29 is 13.2 Å². The summed E-state index contributed by atoms with van der Waals surface area (Å²) in [4.78, 5) is 17.3. The average molecular weight is 512 g/mol. The van der Waals surface area contributed by atoms with Gasteiger partial charge in [-0.25, -0.2) is 8.42 Å². The molecular formula is C28H25N5O3S. The fourth-order valence-electron chi connectivity index (χ4n) is 4.45. The van der Waals surface area contributed by atoms with Crippen LogP contribution in [0.2, 0.25) is 0 Å². The predicted molar refractivity (Wildman–Crippen MR) is 146 cm³/mol. The lowest BCUT2D eigenvalue weighted by Gasteiger charge is -2.11. The first-order valence-electron chi connectivity index (χ1n) is 11.6. The van der Waals surface area contributed by atoms with Gasteiger partial charge in [-0.05, 0) is 36.2 Å². The van der Waals surface area contributed by atoms with Crippen LogP contribution in [0.1, 0.15) is 27.9 Å². The molecule has 37 heavy (non-hydrogen) atoms. The maximum atomic E-state index is 13.2. The first-order chi connectivity index (χ1) is 17.7. The second-order valence-corrected chi connectivity index (χ2v) is 10.5. The zero-order valence-electron chi connectivity index (χ0n) is 20.1. The van der Waals surface area contributed by atoms with Gasteiger partial charge in [0.2, 0.25) is 0 Å². The number of nitrogens with one attached hydrogen (secondary N) is 2. The molecule has 5 rings (SSSR count). The van der Waals surface area contributed by atoms with Crippen molar-refractivity contribution in [2.24, 2.45) is 12.8 Å². The lowest BCUT2D eigenvalue weighted by atomic mass is 10.0. The van der Waals surface area contributed by atoms with E-state index in [0.29, 0.717) is 35.0 Å². The molecule has 4 N–H and O–H groups in total. The van der Waals surface area contributed by atoms with Crippen molar-refractivity contribution in [2.75, 3.05) is 4.72 Å². The average Bonchev–Trinajstić information content (AvgIpc) is 3.22. The maximum Gasteiger partial charge on any atom is 0.262 e. The number of sulfonamides is 1.